The van der Waals surface area contributed by atoms with Crippen LogP contribution in [0.3, 0.4) is 0 Å². The quantitative estimate of drug-likeness (QED) is 0.897. The highest BCUT2D eigenvalue weighted by atomic mass is 35.5. The predicted octanol–water partition coefficient (Wildman–Crippen LogP) is 3.81. The van der Waals surface area contributed by atoms with Crippen molar-refractivity contribution in [1.82, 2.24) is 5.32 Å². The fraction of sp³-hybridized carbons (Fsp3) is 0.333. The standard InChI is InChI=1S/C15H18ClNO2S2/c1-4-17-14(13-8-10(2)15(16)20-13)11-6-5-7-12(9-11)21(3,18)19/h5-9,14,17H,4H2,1-3H3. The molecule has 2 rings (SSSR count). The van der Waals surface area contributed by atoms with E-state index >= 15 is 0 Å². The third kappa shape index (κ3) is 3.86. The number of aryl methyl sites for hydroxylation is 1. The SMILES string of the molecule is CCNC(c1cccc(S(C)(=O)=O)c1)c1cc(C)c(Cl)s1. The van der Waals surface area contributed by atoms with Gasteiger partial charge in [-0.1, -0.05) is 30.7 Å². The van der Waals surface area contributed by atoms with Crippen LogP contribution in [0.4, 0.5) is 0 Å². The van der Waals surface area contributed by atoms with Gasteiger partial charge in [-0.15, -0.1) is 11.3 Å². The number of sulfone groups is 1. The van der Waals surface area contributed by atoms with Gasteiger partial charge in [0.2, 0.25) is 0 Å². The summed E-state index contributed by atoms with van der Waals surface area (Å²) in [6.07, 6.45) is 1.22. The maximum Gasteiger partial charge on any atom is 0.175 e. The lowest BCUT2D eigenvalue weighted by atomic mass is 10.0. The van der Waals surface area contributed by atoms with Crippen molar-refractivity contribution >= 4 is 32.8 Å². The number of halogens is 1. The van der Waals surface area contributed by atoms with E-state index in [0.29, 0.717) is 4.90 Å². The summed E-state index contributed by atoms with van der Waals surface area (Å²) < 4.78 is 24.2. The molecule has 0 aliphatic rings. The Labute approximate surface area is 134 Å². The van der Waals surface area contributed by atoms with Crippen LogP contribution < -0.4 is 5.32 Å². The zero-order chi connectivity index (χ0) is 15.6. The summed E-state index contributed by atoms with van der Waals surface area (Å²) in [7, 11) is -3.21. The highest BCUT2D eigenvalue weighted by Gasteiger charge is 2.18. The van der Waals surface area contributed by atoms with E-state index in [1.165, 1.54) is 17.6 Å². The van der Waals surface area contributed by atoms with Crippen LogP contribution in [0.15, 0.2) is 35.2 Å². The fourth-order valence-electron chi connectivity index (χ4n) is 2.14. The second-order valence-corrected chi connectivity index (χ2v) is 8.64. The number of thiophene rings is 1. The van der Waals surface area contributed by atoms with Gasteiger partial charge in [-0.3, -0.25) is 0 Å². The molecule has 1 unspecified atom stereocenters. The molecule has 0 saturated heterocycles. The molecule has 1 N–H and O–H groups in total. The first kappa shape index (κ1) is 16.5. The predicted molar refractivity (Wildman–Crippen MR) is 89.1 cm³/mol. The lowest BCUT2D eigenvalue weighted by Crippen LogP contribution is -2.21. The summed E-state index contributed by atoms with van der Waals surface area (Å²) in [4.78, 5) is 1.42. The Morgan fingerprint density at radius 3 is 2.57 bits per heavy atom. The van der Waals surface area contributed by atoms with Gasteiger partial charge in [-0.25, -0.2) is 8.42 Å². The molecule has 0 radical (unpaired) electrons. The molecule has 0 amide bonds. The topological polar surface area (TPSA) is 46.2 Å². The van der Waals surface area contributed by atoms with Gasteiger partial charge in [0.25, 0.3) is 0 Å². The van der Waals surface area contributed by atoms with Crippen LogP contribution in [0.5, 0.6) is 0 Å². The Balaban J connectivity index is 2.48. The lowest BCUT2D eigenvalue weighted by Gasteiger charge is -2.17. The zero-order valence-corrected chi connectivity index (χ0v) is 14.6. The molecule has 0 aliphatic heterocycles. The van der Waals surface area contributed by atoms with Gasteiger partial charge in [0.05, 0.1) is 15.3 Å². The molecule has 1 heterocycles. The first-order valence-electron chi connectivity index (χ1n) is 6.62. The van der Waals surface area contributed by atoms with E-state index in [1.54, 1.807) is 18.2 Å². The highest BCUT2D eigenvalue weighted by molar-refractivity contribution is 7.90. The van der Waals surface area contributed by atoms with Crippen molar-refractivity contribution < 1.29 is 8.42 Å². The largest absolute Gasteiger partial charge is 0.306 e. The van der Waals surface area contributed by atoms with Gasteiger partial charge in [0.15, 0.2) is 9.84 Å². The van der Waals surface area contributed by atoms with Crippen LogP contribution in [-0.4, -0.2) is 21.2 Å². The minimum Gasteiger partial charge on any atom is -0.306 e. The van der Waals surface area contributed by atoms with Crippen molar-refractivity contribution in [3.05, 3.63) is 50.7 Å². The van der Waals surface area contributed by atoms with Crippen molar-refractivity contribution in [3.8, 4) is 0 Å². The van der Waals surface area contributed by atoms with Crippen molar-refractivity contribution in [2.24, 2.45) is 0 Å². The Morgan fingerprint density at radius 2 is 2.05 bits per heavy atom. The molecule has 1 aromatic heterocycles. The van der Waals surface area contributed by atoms with Gasteiger partial charge >= 0.3 is 0 Å². The zero-order valence-electron chi connectivity index (χ0n) is 12.2. The van der Waals surface area contributed by atoms with Gasteiger partial charge in [0, 0.05) is 11.1 Å². The Hall–Kier alpha value is -0.880. The smallest absolute Gasteiger partial charge is 0.175 e. The molecule has 0 spiro atoms. The van der Waals surface area contributed by atoms with Crippen LogP contribution in [0.2, 0.25) is 4.34 Å². The molecular weight excluding hydrogens is 326 g/mol. The van der Waals surface area contributed by atoms with E-state index in [-0.39, 0.29) is 6.04 Å². The third-order valence-electron chi connectivity index (χ3n) is 3.19. The Kier molecular flexibility index (Phi) is 5.09. The molecule has 0 bridgehead atoms. The number of rotatable bonds is 5. The minimum atomic E-state index is -3.21. The first-order valence-corrected chi connectivity index (χ1v) is 9.70. The van der Waals surface area contributed by atoms with Crippen LogP contribution in [0.25, 0.3) is 0 Å². The summed E-state index contributed by atoms with van der Waals surface area (Å²) in [5.74, 6) is 0. The normalized spacial score (nSPS) is 13.3. The van der Waals surface area contributed by atoms with Crippen LogP contribution in [0.1, 0.15) is 29.0 Å². The van der Waals surface area contributed by atoms with E-state index in [2.05, 4.69) is 5.32 Å². The van der Waals surface area contributed by atoms with Gasteiger partial charge in [-0.05, 0) is 42.8 Å². The van der Waals surface area contributed by atoms with Gasteiger partial charge in [-0.2, -0.15) is 0 Å². The Bertz CT molecular complexity index is 718. The summed E-state index contributed by atoms with van der Waals surface area (Å²) in [5, 5.41) is 3.39. The maximum atomic E-state index is 11.7. The second kappa shape index (κ2) is 6.48. The summed E-state index contributed by atoms with van der Waals surface area (Å²) >= 11 is 7.68. The highest BCUT2D eigenvalue weighted by Crippen LogP contribution is 2.34. The Morgan fingerprint density at radius 1 is 1.33 bits per heavy atom. The number of nitrogens with one attached hydrogen (secondary N) is 1. The fourth-order valence-corrected chi connectivity index (χ4v) is 4.13. The minimum absolute atomic E-state index is 0.0482. The van der Waals surface area contributed by atoms with Crippen molar-refractivity contribution in [3.63, 3.8) is 0 Å². The number of hydrogen-bond donors (Lipinski definition) is 1. The number of hydrogen-bond acceptors (Lipinski definition) is 4. The van der Waals surface area contributed by atoms with Gasteiger partial charge in [0.1, 0.15) is 0 Å². The van der Waals surface area contributed by atoms with E-state index in [9.17, 15) is 8.42 Å². The second-order valence-electron chi connectivity index (χ2n) is 4.94. The summed E-state index contributed by atoms with van der Waals surface area (Å²) in [6.45, 7) is 4.77. The van der Waals surface area contributed by atoms with Crippen LogP contribution in [-0.2, 0) is 9.84 Å². The first-order chi connectivity index (χ1) is 9.82. The molecule has 6 heteroatoms. The summed E-state index contributed by atoms with van der Waals surface area (Å²) in [5.41, 5.74) is 1.97. The lowest BCUT2D eigenvalue weighted by molar-refractivity contribution is 0.600. The molecule has 1 aromatic carbocycles. The van der Waals surface area contributed by atoms with Crippen molar-refractivity contribution in [2.75, 3.05) is 12.8 Å². The maximum absolute atomic E-state index is 11.7. The van der Waals surface area contributed by atoms with E-state index in [0.717, 1.165) is 26.9 Å². The monoisotopic (exact) mass is 343 g/mol. The van der Waals surface area contributed by atoms with E-state index in [4.69, 9.17) is 11.6 Å². The number of benzene rings is 1. The molecular formula is C15H18ClNO2S2. The van der Waals surface area contributed by atoms with Crippen molar-refractivity contribution in [2.45, 2.75) is 24.8 Å². The molecule has 2 aromatic rings. The van der Waals surface area contributed by atoms with E-state index in [1.807, 2.05) is 26.0 Å². The van der Waals surface area contributed by atoms with Gasteiger partial charge < -0.3 is 5.32 Å². The average molecular weight is 344 g/mol. The molecule has 1 atom stereocenters. The summed E-state index contributed by atoms with van der Waals surface area (Å²) in [6, 6.07) is 9.06. The molecule has 0 aliphatic carbocycles. The molecule has 114 valence electrons. The molecule has 3 nitrogen and oxygen atoms in total. The average Bonchev–Trinajstić information content (AvgIpc) is 2.75. The van der Waals surface area contributed by atoms with Crippen LogP contribution in [0, 0.1) is 6.92 Å². The van der Waals surface area contributed by atoms with Crippen molar-refractivity contribution in [1.29, 1.82) is 0 Å². The van der Waals surface area contributed by atoms with Crippen LogP contribution >= 0.6 is 22.9 Å². The molecule has 0 fully saturated rings. The molecule has 21 heavy (non-hydrogen) atoms. The van der Waals surface area contributed by atoms with E-state index < -0.39 is 9.84 Å². The third-order valence-corrected chi connectivity index (χ3v) is 5.92. The molecule has 0 saturated carbocycles.